The molecular formula is C16H18N4O2S. The zero-order valence-corrected chi connectivity index (χ0v) is 13.8. The highest BCUT2D eigenvalue weighted by Gasteiger charge is 2.14. The van der Waals surface area contributed by atoms with E-state index in [-0.39, 0.29) is 11.8 Å². The molecule has 0 saturated carbocycles. The number of carbonyl (C=O) groups is 1. The highest BCUT2D eigenvalue weighted by atomic mass is 32.1. The van der Waals surface area contributed by atoms with Gasteiger partial charge in [0.1, 0.15) is 15.8 Å². The minimum absolute atomic E-state index is 0.0782. The Bertz CT molecular complexity index is 708. The lowest BCUT2D eigenvalue weighted by atomic mass is 10.1. The van der Waals surface area contributed by atoms with Gasteiger partial charge >= 0.3 is 0 Å². The van der Waals surface area contributed by atoms with E-state index in [9.17, 15) is 4.79 Å². The SMILES string of the molecule is COc1cccc(-c2ncc(NC(=O)[C@@H](C)CCNC#N)s2)c1. The van der Waals surface area contributed by atoms with E-state index in [1.54, 1.807) is 13.3 Å². The number of hydrogen-bond acceptors (Lipinski definition) is 6. The lowest BCUT2D eigenvalue weighted by Gasteiger charge is -2.09. The summed E-state index contributed by atoms with van der Waals surface area (Å²) in [5, 5.41) is 15.3. The zero-order chi connectivity index (χ0) is 16.7. The molecule has 120 valence electrons. The van der Waals surface area contributed by atoms with Gasteiger partial charge in [-0.25, -0.2) is 4.98 Å². The van der Waals surface area contributed by atoms with Gasteiger partial charge in [0.2, 0.25) is 5.91 Å². The number of thiazole rings is 1. The zero-order valence-electron chi connectivity index (χ0n) is 13.0. The Morgan fingerprint density at radius 2 is 2.35 bits per heavy atom. The Hall–Kier alpha value is -2.59. The third kappa shape index (κ3) is 4.69. The van der Waals surface area contributed by atoms with Crippen molar-refractivity contribution in [1.29, 1.82) is 5.26 Å². The Morgan fingerprint density at radius 3 is 3.09 bits per heavy atom. The summed E-state index contributed by atoms with van der Waals surface area (Å²) < 4.78 is 5.20. The Balaban J connectivity index is 1.99. The fourth-order valence-corrected chi connectivity index (χ4v) is 2.76. The summed E-state index contributed by atoms with van der Waals surface area (Å²) in [4.78, 5) is 16.4. The first-order valence-corrected chi connectivity index (χ1v) is 7.98. The predicted octanol–water partition coefficient (Wildman–Crippen LogP) is 2.85. The lowest BCUT2D eigenvalue weighted by Crippen LogP contribution is -2.23. The first kappa shape index (κ1) is 16.8. The van der Waals surface area contributed by atoms with Gasteiger partial charge in [-0.1, -0.05) is 30.4 Å². The van der Waals surface area contributed by atoms with Crippen molar-refractivity contribution in [1.82, 2.24) is 10.3 Å². The molecule has 0 aliphatic carbocycles. The number of nitriles is 1. The summed E-state index contributed by atoms with van der Waals surface area (Å²) in [6.45, 7) is 2.32. The largest absolute Gasteiger partial charge is 0.497 e. The van der Waals surface area contributed by atoms with Gasteiger partial charge < -0.3 is 15.4 Å². The van der Waals surface area contributed by atoms with Crippen LogP contribution in [0.4, 0.5) is 5.00 Å². The van der Waals surface area contributed by atoms with Crippen molar-refractivity contribution in [2.75, 3.05) is 19.0 Å². The number of methoxy groups -OCH3 is 1. The molecule has 2 N–H and O–H groups in total. The Labute approximate surface area is 139 Å². The van der Waals surface area contributed by atoms with E-state index in [0.717, 1.165) is 16.3 Å². The molecule has 0 bridgehead atoms. The highest BCUT2D eigenvalue weighted by Crippen LogP contribution is 2.30. The van der Waals surface area contributed by atoms with Crippen LogP contribution in [0.25, 0.3) is 10.6 Å². The number of carbonyl (C=O) groups excluding carboxylic acids is 1. The first-order valence-electron chi connectivity index (χ1n) is 7.17. The van der Waals surface area contributed by atoms with E-state index in [1.165, 1.54) is 11.3 Å². The number of anilines is 1. The van der Waals surface area contributed by atoms with Crippen molar-refractivity contribution in [3.63, 3.8) is 0 Å². The van der Waals surface area contributed by atoms with Crippen LogP contribution in [0.1, 0.15) is 13.3 Å². The Kier molecular flexibility index (Phi) is 5.94. The summed E-state index contributed by atoms with van der Waals surface area (Å²) in [5.74, 6) is 0.505. The molecule has 0 spiro atoms. The minimum atomic E-state index is -0.182. The number of rotatable bonds is 7. The van der Waals surface area contributed by atoms with E-state index in [2.05, 4.69) is 15.6 Å². The Morgan fingerprint density at radius 1 is 1.52 bits per heavy atom. The van der Waals surface area contributed by atoms with Gasteiger partial charge in [0.15, 0.2) is 6.19 Å². The normalized spacial score (nSPS) is 11.3. The van der Waals surface area contributed by atoms with E-state index >= 15 is 0 Å². The number of nitrogens with zero attached hydrogens (tertiary/aromatic N) is 2. The van der Waals surface area contributed by atoms with Gasteiger partial charge in [-0.3, -0.25) is 4.79 Å². The van der Waals surface area contributed by atoms with Crippen LogP contribution in [0.5, 0.6) is 5.75 Å². The molecule has 2 aromatic rings. The molecule has 1 heterocycles. The maximum absolute atomic E-state index is 12.1. The van der Waals surface area contributed by atoms with E-state index in [1.807, 2.05) is 37.4 Å². The topological polar surface area (TPSA) is 87.0 Å². The maximum atomic E-state index is 12.1. The fraction of sp³-hybridized carbons (Fsp3) is 0.312. The fourth-order valence-electron chi connectivity index (χ4n) is 1.94. The number of aromatic nitrogens is 1. The second kappa shape index (κ2) is 8.15. The third-order valence-electron chi connectivity index (χ3n) is 3.30. The molecule has 0 aliphatic rings. The molecule has 6 nitrogen and oxygen atoms in total. The molecule has 1 atom stereocenters. The monoisotopic (exact) mass is 330 g/mol. The number of benzene rings is 1. The van der Waals surface area contributed by atoms with Crippen molar-refractivity contribution in [3.8, 4) is 22.5 Å². The maximum Gasteiger partial charge on any atom is 0.227 e. The molecule has 1 amide bonds. The second-order valence-corrected chi connectivity index (χ2v) is 6.01. The smallest absolute Gasteiger partial charge is 0.227 e. The summed E-state index contributed by atoms with van der Waals surface area (Å²) in [6, 6.07) is 7.62. The molecular weight excluding hydrogens is 312 g/mol. The van der Waals surface area contributed by atoms with Crippen molar-refractivity contribution < 1.29 is 9.53 Å². The average molecular weight is 330 g/mol. The number of ether oxygens (including phenoxy) is 1. The van der Waals surface area contributed by atoms with Gasteiger partial charge in [-0.15, -0.1) is 0 Å². The number of amides is 1. The highest BCUT2D eigenvalue weighted by molar-refractivity contribution is 7.19. The van der Waals surface area contributed by atoms with Gasteiger partial charge in [0, 0.05) is 18.0 Å². The average Bonchev–Trinajstić information content (AvgIpc) is 3.03. The van der Waals surface area contributed by atoms with Crippen molar-refractivity contribution >= 4 is 22.2 Å². The quantitative estimate of drug-likeness (QED) is 0.463. The van der Waals surface area contributed by atoms with Crippen LogP contribution in [-0.4, -0.2) is 24.5 Å². The molecule has 0 aliphatic heterocycles. The van der Waals surface area contributed by atoms with Crippen molar-refractivity contribution in [3.05, 3.63) is 30.5 Å². The van der Waals surface area contributed by atoms with Gasteiger partial charge in [-0.2, -0.15) is 5.26 Å². The van der Waals surface area contributed by atoms with Gasteiger partial charge in [0.05, 0.1) is 13.3 Å². The molecule has 2 rings (SSSR count). The van der Waals surface area contributed by atoms with E-state index < -0.39 is 0 Å². The van der Waals surface area contributed by atoms with Gasteiger partial charge in [0.25, 0.3) is 0 Å². The molecule has 0 unspecified atom stereocenters. The number of nitrogens with one attached hydrogen (secondary N) is 2. The minimum Gasteiger partial charge on any atom is -0.497 e. The third-order valence-corrected chi connectivity index (χ3v) is 4.26. The molecule has 0 fully saturated rings. The summed E-state index contributed by atoms with van der Waals surface area (Å²) >= 11 is 1.41. The summed E-state index contributed by atoms with van der Waals surface area (Å²) in [7, 11) is 1.62. The molecule has 0 radical (unpaired) electrons. The summed E-state index contributed by atoms with van der Waals surface area (Å²) in [6.07, 6.45) is 4.09. The molecule has 7 heteroatoms. The van der Waals surface area contributed by atoms with E-state index in [0.29, 0.717) is 18.0 Å². The molecule has 1 aromatic heterocycles. The second-order valence-electron chi connectivity index (χ2n) is 4.98. The molecule has 1 aromatic carbocycles. The standard InChI is InChI=1S/C16H18N4O2S/c1-11(6-7-18-10-17)15(21)20-14-9-19-16(23-14)12-4-3-5-13(8-12)22-2/h3-5,8-9,11,18H,6-7H2,1-2H3,(H,20,21)/t11-/m0/s1. The van der Waals surface area contributed by atoms with E-state index in [4.69, 9.17) is 10.00 Å². The number of hydrogen-bond donors (Lipinski definition) is 2. The van der Waals surface area contributed by atoms with Crippen LogP contribution >= 0.6 is 11.3 Å². The van der Waals surface area contributed by atoms with Crippen LogP contribution in [0.3, 0.4) is 0 Å². The van der Waals surface area contributed by atoms with Crippen LogP contribution in [0.2, 0.25) is 0 Å². The predicted molar refractivity (Wildman–Crippen MR) is 90.1 cm³/mol. The molecule has 23 heavy (non-hydrogen) atoms. The lowest BCUT2D eigenvalue weighted by molar-refractivity contribution is -0.119. The van der Waals surface area contributed by atoms with Crippen molar-refractivity contribution in [2.24, 2.45) is 5.92 Å². The van der Waals surface area contributed by atoms with Gasteiger partial charge in [-0.05, 0) is 18.6 Å². The first-order chi connectivity index (χ1) is 11.1. The van der Waals surface area contributed by atoms with Crippen LogP contribution in [0, 0.1) is 17.4 Å². The van der Waals surface area contributed by atoms with Crippen molar-refractivity contribution in [2.45, 2.75) is 13.3 Å². The van der Waals surface area contributed by atoms with Crippen LogP contribution < -0.4 is 15.4 Å². The van der Waals surface area contributed by atoms with Crippen LogP contribution in [0.15, 0.2) is 30.5 Å². The van der Waals surface area contributed by atoms with Crippen LogP contribution in [-0.2, 0) is 4.79 Å². The molecule has 0 saturated heterocycles. The summed E-state index contributed by atoms with van der Waals surface area (Å²) in [5.41, 5.74) is 0.945.